The van der Waals surface area contributed by atoms with Gasteiger partial charge in [0.1, 0.15) is 6.07 Å². The molecule has 3 heteroatoms. The van der Waals surface area contributed by atoms with Crippen LogP contribution in [0.3, 0.4) is 0 Å². The van der Waals surface area contributed by atoms with Gasteiger partial charge < -0.3 is 0 Å². The third-order valence-electron chi connectivity index (χ3n) is 8.30. The molecular formula is C41H25N3. The van der Waals surface area contributed by atoms with E-state index < -0.39 is 0 Å². The number of nitriles is 1. The van der Waals surface area contributed by atoms with Gasteiger partial charge >= 0.3 is 0 Å². The largest absolute Gasteiger partial charge is 0.256 e. The van der Waals surface area contributed by atoms with Gasteiger partial charge in [-0.2, -0.15) is 5.26 Å². The van der Waals surface area contributed by atoms with Crippen molar-refractivity contribution in [3.63, 3.8) is 0 Å². The fourth-order valence-electron chi connectivity index (χ4n) is 6.04. The highest BCUT2D eigenvalue weighted by Crippen LogP contribution is 2.37. The Kier molecular flexibility index (Phi) is 6.18. The zero-order chi connectivity index (χ0) is 29.5. The summed E-state index contributed by atoms with van der Waals surface area (Å²) < 4.78 is 0. The Labute approximate surface area is 255 Å². The highest BCUT2D eigenvalue weighted by Gasteiger charge is 2.18. The molecule has 0 fully saturated rings. The summed E-state index contributed by atoms with van der Waals surface area (Å²) in [6.45, 7) is 0. The summed E-state index contributed by atoms with van der Waals surface area (Å²) in [6.07, 6.45) is 1.80. The van der Waals surface area contributed by atoms with Crippen molar-refractivity contribution in [2.75, 3.05) is 0 Å². The molecule has 0 N–H and O–H groups in total. The summed E-state index contributed by atoms with van der Waals surface area (Å²) in [6, 6.07) is 52.7. The first-order valence-electron chi connectivity index (χ1n) is 14.6. The molecule has 8 aromatic rings. The van der Waals surface area contributed by atoms with E-state index in [1.807, 2.05) is 54.6 Å². The molecule has 0 spiro atoms. The van der Waals surface area contributed by atoms with Crippen LogP contribution in [0.25, 0.3) is 77.2 Å². The third kappa shape index (κ3) is 4.56. The van der Waals surface area contributed by atoms with Crippen LogP contribution in [-0.4, -0.2) is 9.97 Å². The van der Waals surface area contributed by atoms with E-state index in [0.29, 0.717) is 11.3 Å². The molecule has 2 aromatic heterocycles. The van der Waals surface area contributed by atoms with Crippen LogP contribution in [0, 0.1) is 11.3 Å². The van der Waals surface area contributed by atoms with Crippen molar-refractivity contribution in [1.29, 1.82) is 5.26 Å². The van der Waals surface area contributed by atoms with Gasteiger partial charge in [-0.3, -0.25) is 4.98 Å². The van der Waals surface area contributed by atoms with E-state index in [1.165, 1.54) is 16.2 Å². The van der Waals surface area contributed by atoms with E-state index in [0.717, 1.165) is 55.4 Å². The van der Waals surface area contributed by atoms with Gasteiger partial charge in [-0.25, -0.2) is 4.98 Å². The van der Waals surface area contributed by atoms with E-state index in [4.69, 9.17) is 4.98 Å². The van der Waals surface area contributed by atoms with E-state index in [9.17, 15) is 5.26 Å². The zero-order valence-corrected chi connectivity index (χ0v) is 23.8. The lowest BCUT2D eigenvalue weighted by Crippen LogP contribution is -1.98. The van der Waals surface area contributed by atoms with E-state index >= 15 is 0 Å². The lowest BCUT2D eigenvalue weighted by molar-refractivity contribution is 1.27. The normalized spacial score (nSPS) is 11.2. The summed E-state index contributed by atoms with van der Waals surface area (Å²) in [5.74, 6) is 0. The van der Waals surface area contributed by atoms with E-state index in [-0.39, 0.29) is 0 Å². The first-order valence-corrected chi connectivity index (χ1v) is 14.6. The maximum Gasteiger partial charge on any atom is 0.102 e. The van der Waals surface area contributed by atoms with Crippen LogP contribution in [0.4, 0.5) is 0 Å². The van der Waals surface area contributed by atoms with Crippen LogP contribution < -0.4 is 0 Å². The quantitative estimate of drug-likeness (QED) is 0.202. The van der Waals surface area contributed by atoms with Crippen LogP contribution >= 0.6 is 0 Å². The highest BCUT2D eigenvalue weighted by atomic mass is 14.7. The molecule has 44 heavy (non-hydrogen) atoms. The maximum atomic E-state index is 10.6. The fraction of sp³-hybridized carbons (Fsp3) is 0. The summed E-state index contributed by atoms with van der Waals surface area (Å²) in [4.78, 5) is 9.82. The van der Waals surface area contributed by atoms with Crippen molar-refractivity contribution in [2.24, 2.45) is 0 Å². The molecule has 0 saturated carbocycles. The minimum Gasteiger partial charge on any atom is -0.256 e. The molecule has 0 atom stereocenters. The second kappa shape index (κ2) is 10.6. The molecule has 0 radical (unpaired) electrons. The Balaban J connectivity index is 1.37. The molecule has 6 aromatic carbocycles. The van der Waals surface area contributed by atoms with Gasteiger partial charge in [-0.05, 0) is 80.3 Å². The van der Waals surface area contributed by atoms with Crippen LogP contribution in [0.1, 0.15) is 5.56 Å². The smallest absolute Gasteiger partial charge is 0.102 e. The summed E-state index contributed by atoms with van der Waals surface area (Å²) >= 11 is 0. The molecule has 0 bridgehead atoms. The van der Waals surface area contributed by atoms with Gasteiger partial charge in [0.25, 0.3) is 0 Å². The Morgan fingerprint density at radius 3 is 1.82 bits per heavy atom. The SMILES string of the molecule is N#Cc1c(-c2ccc3ccccc3c2)cc(-c2ccc3cc4ccccc4cc3c2)nc1-c1ccnc(-c2ccccc2)c1. The number of aromatic nitrogens is 2. The molecule has 8 rings (SSSR count). The van der Waals surface area contributed by atoms with Gasteiger partial charge in [0.05, 0.1) is 22.6 Å². The first-order chi connectivity index (χ1) is 21.7. The first kappa shape index (κ1) is 25.6. The molecule has 0 aliphatic carbocycles. The predicted octanol–water partition coefficient (Wildman–Crippen LogP) is 10.5. The fourth-order valence-corrected chi connectivity index (χ4v) is 6.04. The number of nitrogens with zero attached hydrogens (tertiary/aromatic N) is 3. The summed E-state index contributed by atoms with van der Waals surface area (Å²) in [7, 11) is 0. The van der Waals surface area contributed by atoms with Crippen LogP contribution in [0.15, 0.2) is 152 Å². The minimum absolute atomic E-state index is 0.543. The van der Waals surface area contributed by atoms with Crippen molar-refractivity contribution in [1.82, 2.24) is 9.97 Å². The van der Waals surface area contributed by atoms with Crippen LogP contribution in [0.5, 0.6) is 0 Å². The Morgan fingerprint density at radius 1 is 0.432 bits per heavy atom. The lowest BCUT2D eigenvalue weighted by Gasteiger charge is -2.15. The molecule has 0 aliphatic rings. The van der Waals surface area contributed by atoms with Gasteiger partial charge in [0, 0.05) is 28.5 Å². The number of hydrogen-bond acceptors (Lipinski definition) is 3. The number of hydrogen-bond donors (Lipinski definition) is 0. The molecular weight excluding hydrogens is 534 g/mol. The average Bonchev–Trinajstić information content (AvgIpc) is 3.10. The van der Waals surface area contributed by atoms with Gasteiger partial charge in [0.2, 0.25) is 0 Å². The highest BCUT2D eigenvalue weighted by molar-refractivity contribution is 6.00. The topological polar surface area (TPSA) is 49.6 Å². The zero-order valence-electron chi connectivity index (χ0n) is 23.8. The third-order valence-corrected chi connectivity index (χ3v) is 8.30. The molecule has 3 nitrogen and oxygen atoms in total. The molecule has 0 aliphatic heterocycles. The van der Waals surface area contributed by atoms with E-state index in [2.05, 4.69) is 102 Å². The molecule has 0 saturated heterocycles. The second-order valence-electron chi connectivity index (χ2n) is 11.0. The number of pyridine rings is 2. The molecule has 204 valence electrons. The maximum absolute atomic E-state index is 10.6. The number of benzene rings is 6. The minimum atomic E-state index is 0.543. The summed E-state index contributed by atoms with van der Waals surface area (Å²) in [5.41, 5.74) is 7.54. The Hall–Kier alpha value is -6.11. The Bertz CT molecular complexity index is 2400. The number of fused-ring (bicyclic) bond motifs is 3. The van der Waals surface area contributed by atoms with E-state index in [1.54, 1.807) is 6.20 Å². The molecule has 0 unspecified atom stereocenters. The van der Waals surface area contributed by atoms with Crippen LogP contribution in [0.2, 0.25) is 0 Å². The van der Waals surface area contributed by atoms with Crippen molar-refractivity contribution in [3.05, 3.63) is 157 Å². The molecule has 2 heterocycles. The Morgan fingerprint density at radius 2 is 1.05 bits per heavy atom. The lowest BCUT2D eigenvalue weighted by atomic mass is 9.92. The monoisotopic (exact) mass is 559 g/mol. The van der Waals surface area contributed by atoms with Crippen molar-refractivity contribution < 1.29 is 0 Å². The average molecular weight is 560 g/mol. The standard InChI is InChI=1S/C41H25N3/c42-26-38-37(33-16-14-27-8-4-5-11-29(27)21-33)25-40(34-17-15-32-20-30-12-6-7-13-31(30)22-36(32)23-34)44-41(38)35-18-19-43-39(24-35)28-9-2-1-3-10-28/h1-25H. The van der Waals surface area contributed by atoms with Crippen molar-refractivity contribution in [3.8, 4) is 51.0 Å². The van der Waals surface area contributed by atoms with Gasteiger partial charge in [-0.15, -0.1) is 0 Å². The predicted molar refractivity (Wildman–Crippen MR) is 181 cm³/mol. The van der Waals surface area contributed by atoms with Crippen LogP contribution in [-0.2, 0) is 0 Å². The van der Waals surface area contributed by atoms with Crippen molar-refractivity contribution in [2.45, 2.75) is 0 Å². The van der Waals surface area contributed by atoms with Gasteiger partial charge in [-0.1, -0.05) is 103 Å². The summed E-state index contributed by atoms with van der Waals surface area (Å²) in [5, 5.41) is 17.7. The van der Waals surface area contributed by atoms with Crippen molar-refractivity contribution >= 4 is 32.3 Å². The molecule has 0 amide bonds. The second-order valence-corrected chi connectivity index (χ2v) is 11.0. The number of rotatable bonds is 4. The van der Waals surface area contributed by atoms with Gasteiger partial charge in [0.15, 0.2) is 0 Å².